The Morgan fingerprint density at radius 3 is 2.50 bits per heavy atom. The summed E-state index contributed by atoms with van der Waals surface area (Å²) in [6.45, 7) is 16.1. The molecule has 0 aliphatic rings. The van der Waals surface area contributed by atoms with Gasteiger partial charge in [-0.1, -0.05) is 39.5 Å². The van der Waals surface area contributed by atoms with Gasteiger partial charge in [-0.3, -0.25) is 0 Å². The van der Waals surface area contributed by atoms with E-state index in [1.54, 1.807) is 0 Å². The zero-order valence-electron chi connectivity index (χ0n) is 11.2. The van der Waals surface area contributed by atoms with Crippen LogP contribution in [0.3, 0.4) is 0 Å². The van der Waals surface area contributed by atoms with Gasteiger partial charge in [-0.2, -0.15) is 0 Å². The van der Waals surface area contributed by atoms with Crippen LogP contribution in [0.4, 0.5) is 0 Å². The lowest BCUT2D eigenvalue weighted by Crippen LogP contribution is -2.32. The lowest BCUT2D eigenvalue weighted by atomic mass is 9.97. The second-order valence-corrected chi connectivity index (χ2v) is 5.54. The molecule has 1 heterocycles. The molecule has 1 heteroatoms. The quantitative estimate of drug-likeness (QED) is 0.717. The Balaban J connectivity index is 3.33. The summed E-state index contributed by atoms with van der Waals surface area (Å²) in [5.74, 6) is 0. The van der Waals surface area contributed by atoms with Gasteiger partial charge in [0, 0.05) is 17.6 Å². The van der Waals surface area contributed by atoms with Crippen molar-refractivity contribution < 1.29 is 0 Å². The maximum Gasteiger partial charge on any atom is 0.0476 e. The van der Waals surface area contributed by atoms with Gasteiger partial charge in [-0.05, 0) is 36.6 Å². The van der Waals surface area contributed by atoms with E-state index in [0.717, 1.165) is 11.8 Å². The normalized spacial score (nSPS) is 13.9. The summed E-state index contributed by atoms with van der Waals surface area (Å²) in [6.07, 6.45) is 6.26. The Hall–Kier alpha value is -1.24. The second-order valence-electron chi connectivity index (χ2n) is 5.54. The molecule has 0 aromatic carbocycles. The van der Waals surface area contributed by atoms with Gasteiger partial charge in [0.2, 0.25) is 0 Å². The molecule has 0 aliphatic heterocycles. The van der Waals surface area contributed by atoms with Crippen molar-refractivity contribution >= 4 is 12.7 Å². The highest BCUT2D eigenvalue weighted by Crippen LogP contribution is 2.15. The third-order valence-corrected chi connectivity index (χ3v) is 2.51. The Bertz CT molecular complexity index is 481. The standard InChI is InChI=1S/C15H23N/c1-7-8-9-14-12(2)10-13(3)16(14)11-15(4,5)6/h7-10H,2,11H2,1,3-6H3/b8-7-,14-9+. The van der Waals surface area contributed by atoms with Crippen molar-refractivity contribution in [1.82, 2.24) is 4.57 Å². The number of rotatable bonds is 2. The summed E-state index contributed by atoms with van der Waals surface area (Å²) in [6, 6.07) is 2.15. The molecule has 0 fully saturated rings. The minimum Gasteiger partial charge on any atom is -0.344 e. The van der Waals surface area contributed by atoms with Crippen LogP contribution in [-0.4, -0.2) is 4.57 Å². The lowest BCUT2D eigenvalue weighted by molar-refractivity contribution is 0.337. The van der Waals surface area contributed by atoms with Crippen LogP contribution in [-0.2, 0) is 6.54 Å². The number of hydrogen-bond donors (Lipinski definition) is 0. The number of nitrogens with zero attached hydrogens (tertiary/aromatic N) is 1. The van der Waals surface area contributed by atoms with E-state index < -0.39 is 0 Å². The molecule has 0 saturated carbocycles. The van der Waals surface area contributed by atoms with Gasteiger partial charge >= 0.3 is 0 Å². The molecule has 1 nitrogen and oxygen atoms in total. The van der Waals surface area contributed by atoms with Crippen LogP contribution in [0.25, 0.3) is 12.7 Å². The zero-order valence-corrected chi connectivity index (χ0v) is 11.2. The van der Waals surface area contributed by atoms with Gasteiger partial charge in [0.25, 0.3) is 0 Å². The average Bonchev–Trinajstić information content (AvgIpc) is 2.37. The van der Waals surface area contributed by atoms with Crippen LogP contribution < -0.4 is 10.6 Å². The number of hydrogen-bond acceptors (Lipinski definition) is 0. The van der Waals surface area contributed by atoms with E-state index >= 15 is 0 Å². The van der Waals surface area contributed by atoms with Crippen LogP contribution in [0, 0.1) is 12.3 Å². The van der Waals surface area contributed by atoms with Gasteiger partial charge in [0.15, 0.2) is 0 Å². The van der Waals surface area contributed by atoms with E-state index in [1.807, 2.05) is 13.0 Å². The summed E-state index contributed by atoms with van der Waals surface area (Å²) in [4.78, 5) is 0. The topological polar surface area (TPSA) is 4.93 Å². The Labute approximate surface area is 98.8 Å². The molecule has 0 amide bonds. The van der Waals surface area contributed by atoms with Crippen molar-refractivity contribution in [3.63, 3.8) is 0 Å². The predicted octanol–water partition coefficient (Wildman–Crippen LogP) is 2.61. The summed E-state index contributed by atoms with van der Waals surface area (Å²) < 4.78 is 2.35. The lowest BCUT2D eigenvalue weighted by Gasteiger charge is -2.20. The van der Waals surface area contributed by atoms with E-state index in [9.17, 15) is 0 Å². The molecule has 88 valence electrons. The first-order valence-corrected chi connectivity index (χ1v) is 5.83. The molecule has 0 atom stereocenters. The first-order valence-electron chi connectivity index (χ1n) is 5.83. The monoisotopic (exact) mass is 217 g/mol. The molecule has 0 radical (unpaired) electrons. The van der Waals surface area contributed by atoms with Gasteiger partial charge in [-0.25, -0.2) is 0 Å². The molecule has 0 N–H and O–H groups in total. The van der Waals surface area contributed by atoms with Crippen molar-refractivity contribution in [2.45, 2.75) is 41.2 Å². The van der Waals surface area contributed by atoms with Crippen molar-refractivity contribution in [2.24, 2.45) is 5.41 Å². The summed E-state index contributed by atoms with van der Waals surface area (Å²) in [5, 5.41) is 2.34. The number of allylic oxidation sites excluding steroid dienone is 2. The predicted molar refractivity (Wildman–Crippen MR) is 72.7 cm³/mol. The fraction of sp³-hybridized carbons (Fsp3) is 0.467. The van der Waals surface area contributed by atoms with E-state index in [0.29, 0.717) is 0 Å². The molecular weight excluding hydrogens is 194 g/mol. The minimum atomic E-state index is 0.286. The molecule has 16 heavy (non-hydrogen) atoms. The molecule has 0 saturated heterocycles. The maximum absolute atomic E-state index is 4.10. The van der Waals surface area contributed by atoms with Gasteiger partial charge < -0.3 is 4.57 Å². The summed E-state index contributed by atoms with van der Waals surface area (Å²) in [5.41, 5.74) is 1.57. The molecule has 1 rings (SSSR count). The van der Waals surface area contributed by atoms with Crippen molar-refractivity contribution in [3.8, 4) is 0 Å². The molecule has 0 aliphatic carbocycles. The molecular formula is C15H23N. The SMILES string of the molecule is C=c1cc(C)n(CC(C)(C)C)/c1=C/C=C\C. The summed E-state index contributed by atoms with van der Waals surface area (Å²) >= 11 is 0. The fourth-order valence-corrected chi connectivity index (χ4v) is 1.84. The Morgan fingerprint density at radius 1 is 1.38 bits per heavy atom. The van der Waals surface area contributed by atoms with Crippen molar-refractivity contribution in [1.29, 1.82) is 0 Å². The van der Waals surface area contributed by atoms with E-state index in [2.05, 4.69) is 57.1 Å². The largest absolute Gasteiger partial charge is 0.344 e. The first-order chi connectivity index (χ1) is 7.35. The second kappa shape index (κ2) is 4.73. The first kappa shape index (κ1) is 12.8. The highest BCUT2D eigenvalue weighted by molar-refractivity contribution is 5.36. The number of aryl methyl sites for hydroxylation is 1. The van der Waals surface area contributed by atoms with Crippen LogP contribution in [0.2, 0.25) is 0 Å². The van der Waals surface area contributed by atoms with Gasteiger partial charge in [0.05, 0.1) is 0 Å². The van der Waals surface area contributed by atoms with Crippen LogP contribution in [0.5, 0.6) is 0 Å². The molecule has 0 bridgehead atoms. The highest BCUT2D eigenvalue weighted by Gasteiger charge is 2.12. The van der Waals surface area contributed by atoms with Crippen molar-refractivity contribution in [3.05, 3.63) is 34.5 Å². The smallest absolute Gasteiger partial charge is 0.0476 e. The Kier molecular flexibility index (Phi) is 3.79. The fourth-order valence-electron chi connectivity index (χ4n) is 1.84. The van der Waals surface area contributed by atoms with Crippen molar-refractivity contribution in [2.75, 3.05) is 0 Å². The average molecular weight is 217 g/mol. The van der Waals surface area contributed by atoms with Gasteiger partial charge in [-0.15, -0.1) is 0 Å². The number of aromatic nitrogens is 1. The Morgan fingerprint density at radius 2 is 2.00 bits per heavy atom. The van der Waals surface area contributed by atoms with Crippen LogP contribution in [0.1, 0.15) is 33.4 Å². The molecule has 0 spiro atoms. The van der Waals surface area contributed by atoms with Gasteiger partial charge in [0.1, 0.15) is 0 Å². The minimum absolute atomic E-state index is 0.286. The van der Waals surface area contributed by atoms with Crippen LogP contribution >= 0.6 is 0 Å². The van der Waals surface area contributed by atoms with E-state index in [-0.39, 0.29) is 5.41 Å². The maximum atomic E-state index is 4.10. The van der Waals surface area contributed by atoms with E-state index in [4.69, 9.17) is 0 Å². The molecule has 1 aromatic rings. The molecule has 1 aromatic heterocycles. The highest BCUT2D eigenvalue weighted by atomic mass is 15.0. The summed E-state index contributed by atoms with van der Waals surface area (Å²) in [7, 11) is 0. The third-order valence-electron chi connectivity index (χ3n) is 2.51. The van der Waals surface area contributed by atoms with E-state index in [1.165, 1.54) is 11.0 Å². The molecule has 0 unspecified atom stereocenters. The third kappa shape index (κ3) is 3.13. The van der Waals surface area contributed by atoms with Crippen LogP contribution in [0.15, 0.2) is 18.2 Å². The zero-order chi connectivity index (χ0) is 12.3.